The second kappa shape index (κ2) is 9.05. The highest BCUT2D eigenvalue weighted by Crippen LogP contribution is 2.30. The van der Waals surface area contributed by atoms with Gasteiger partial charge in [-0.1, -0.05) is 6.07 Å². The lowest BCUT2D eigenvalue weighted by atomic mass is 10.2. The number of alkyl halides is 3. The number of amides is 2. The zero-order chi connectivity index (χ0) is 21.7. The van der Waals surface area contributed by atoms with Gasteiger partial charge in [0.15, 0.2) is 0 Å². The van der Waals surface area contributed by atoms with Crippen LogP contribution in [0.2, 0.25) is 0 Å². The average molecular weight is 429 g/mol. The summed E-state index contributed by atoms with van der Waals surface area (Å²) in [5, 5.41) is 5.04. The minimum Gasteiger partial charge on any atom is -0.351 e. The van der Waals surface area contributed by atoms with Crippen LogP contribution in [0.1, 0.15) is 22.8 Å². The number of hydrogen-bond acceptors (Lipinski definition) is 4. The fraction of sp³-hybridized carbons (Fsp3) is 0.222. The number of sulfonamides is 1. The minimum atomic E-state index is -4.66. The summed E-state index contributed by atoms with van der Waals surface area (Å²) >= 11 is 0. The molecule has 29 heavy (non-hydrogen) atoms. The van der Waals surface area contributed by atoms with Gasteiger partial charge in [0, 0.05) is 31.3 Å². The number of rotatable bonds is 7. The zero-order valence-corrected chi connectivity index (χ0v) is 16.0. The van der Waals surface area contributed by atoms with E-state index in [1.807, 2.05) is 0 Å². The van der Waals surface area contributed by atoms with E-state index < -0.39 is 32.6 Å². The Balaban J connectivity index is 1.89. The van der Waals surface area contributed by atoms with Crippen molar-refractivity contribution >= 4 is 27.5 Å². The fourth-order valence-electron chi connectivity index (χ4n) is 2.29. The van der Waals surface area contributed by atoms with Crippen LogP contribution < -0.4 is 15.4 Å². The third kappa shape index (κ3) is 6.57. The molecule has 3 N–H and O–H groups in total. The lowest BCUT2D eigenvalue weighted by Gasteiger charge is -2.11. The molecule has 7 nitrogen and oxygen atoms in total. The summed E-state index contributed by atoms with van der Waals surface area (Å²) < 4.78 is 64.5. The standard InChI is InChI=1S/C18H18F3N3O4S/c1-12(25)24-15-7-5-13(6-8-15)17(26)22-9-10-23-29(27,28)16-4-2-3-14(11-16)18(19,20)21/h2-8,11,23H,9-10H2,1H3,(H,22,26)(H,24,25). The highest BCUT2D eigenvalue weighted by Gasteiger charge is 2.31. The van der Waals surface area contributed by atoms with Crippen molar-refractivity contribution in [3.63, 3.8) is 0 Å². The number of hydrogen-bond donors (Lipinski definition) is 3. The van der Waals surface area contributed by atoms with Crippen molar-refractivity contribution in [2.75, 3.05) is 18.4 Å². The Morgan fingerprint density at radius 3 is 2.24 bits per heavy atom. The van der Waals surface area contributed by atoms with E-state index in [0.717, 1.165) is 18.2 Å². The molecule has 0 spiro atoms. The van der Waals surface area contributed by atoms with Gasteiger partial charge in [-0.25, -0.2) is 13.1 Å². The largest absolute Gasteiger partial charge is 0.416 e. The van der Waals surface area contributed by atoms with E-state index in [1.54, 1.807) is 0 Å². The number of anilines is 1. The van der Waals surface area contributed by atoms with Gasteiger partial charge in [0.1, 0.15) is 0 Å². The maximum atomic E-state index is 12.7. The van der Waals surface area contributed by atoms with Crippen LogP contribution in [-0.4, -0.2) is 33.3 Å². The van der Waals surface area contributed by atoms with Crippen molar-refractivity contribution in [3.8, 4) is 0 Å². The zero-order valence-electron chi connectivity index (χ0n) is 15.2. The number of carbonyl (C=O) groups is 2. The summed E-state index contributed by atoms with van der Waals surface area (Å²) in [6.45, 7) is 1.06. The van der Waals surface area contributed by atoms with E-state index in [2.05, 4.69) is 15.4 Å². The molecule has 156 valence electrons. The van der Waals surface area contributed by atoms with Gasteiger partial charge in [-0.2, -0.15) is 13.2 Å². The molecule has 2 amide bonds. The molecular formula is C18H18F3N3O4S. The van der Waals surface area contributed by atoms with Crippen molar-refractivity contribution in [2.24, 2.45) is 0 Å². The normalized spacial score (nSPS) is 11.7. The first-order valence-corrected chi connectivity index (χ1v) is 9.80. The Morgan fingerprint density at radius 1 is 1.00 bits per heavy atom. The van der Waals surface area contributed by atoms with Gasteiger partial charge in [0.25, 0.3) is 5.91 Å². The Morgan fingerprint density at radius 2 is 1.66 bits per heavy atom. The van der Waals surface area contributed by atoms with Crippen LogP contribution in [0.5, 0.6) is 0 Å². The van der Waals surface area contributed by atoms with Crippen molar-refractivity contribution in [3.05, 3.63) is 59.7 Å². The summed E-state index contributed by atoms with van der Waals surface area (Å²) in [4.78, 5) is 22.5. The van der Waals surface area contributed by atoms with E-state index in [-0.39, 0.29) is 19.0 Å². The van der Waals surface area contributed by atoms with Crippen LogP contribution >= 0.6 is 0 Å². The van der Waals surface area contributed by atoms with Crippen molar-refractivity contribution in [1.29, 1.82) is 0 Å². The molecule has 0 bridgehead atoms. The first kappa shape index (κ1) is 22.4. The van der Waals surface area contributed by atoms with Crippen molar-refractivity contribution in [1.82, 2.24) is 10.0 Å². The van der Waals surface area contributed by atoms with Crippen molar-refractivity contribution in [2.45, 2.75) is 18.0 Å². The molecule has 0 saturated heterocycles. The SMILES string of the molecule is CC(=O)Nc1ccc(C(=O)NCCNS(=O)(=O)c2cccc(C(F)(F)F)c2)cc1. The Hall–Kier alpha value is -2.92. The average Bonchev–Trinajstić information content (AvgIpc) is 2.64. The molecule has 0 atom stereocenters. The fourth-order valence-corrected chi connectivity index (χ4v) is 3.37. The summed E-state index contributed by atoms with van der Waals surface area (Å²) in [6.07, 6.45) is -4.66. The number of halogens is 3. The molecule has 0 unspecified atom stereocenters. The van der Waals surface area contributed by atoms with Gasteiger partial charge < -0.3 is 10.6 Å². The first-order valence-electron chi connectivity index (χ1n) is 8.32. The molecule has 0 heterocycles. The molecular weight excluding hydrogens is 411 g/mol. The molecule has 0 aliphatic rings. The molecule has 0 aromatic heterocycles. The summed E-state index contributed by atoms with van der Waals surface area (Å²) in [5.74, 6) is -0.729. The summed E-state index contributed by atoms with van der Waals surface area (Å²) in [5.41, 5.74) is -0.265. The van der Waals surface area contributed by atoms with Gasteiger partial charge in [-0.15, -0.1) is 0 Å². The molecule has 2 rings (SSSR count). The molecule has 2 aromatic rings. The van der Waals surface area contributed by atoms with Crippen LogP contribution in [0.3, 0.4) is 0 Å². The van der Waals surface area contributed by atoms with Gasteiger partial charge in [-0.05, 0) is 42.5 Å². The maximum Gasteiger partial charge on any atom is 0.416 e. The highest BCUT2D eigenvalue weighted by atomic mass is 32.2. The summed E-state index contributed by atoms with van der Waals surface area (Å²) in [6, 6.07) is 9.39. The lowest BCUT2D eigenvalue weighted by molar-refractivity contribution is -0.137. The predicted octanol–water partition coefficient (Wildman–Crippen LogP) is 2.37. The van der Waals surface area contributed by atoms with Crippen LogP contribution in [0.15, 0.2) is 53.4 Å². The van der Waals surface area contributed by atoms with Crippen LogP contribution in [0, 0.1) is 0 Å². The second-order valence-corrected chi connectivity index (χ2v) is 7.70. The van der Waals surface area contributed by atoms with E-state index >= 15 is 0 Å². The molecule has 2 aromatic carbocycles. The van der Waals surface area contributed by atoms with E-state index in [0.29, 0.717) is 17.3 Å². The molecule has 0 saturated carbocycles. The molecule has 0 aliphatic heterocycles. The topological polar surface area (TPSA) is 104 Å². The second-order valence-electron chi connectivity index (χ2n) is 5.94. The maximum absolute atomic E-state index is 12.7. The first-order chi connectivity index (χ1) is 13.5. The Labute approximate surface area is 165 Å². The van der Waals surface area contributed by atoms with Crippen LogP contribution in [0.4, 0.5) is 18.9 Å². The van der Waals surface area contributed by atoms with Gasteiger partial charge in [0.2, 0.25) is 15.9 Å². The molecule has 11 heteroatoms. The predicted molar refractivity (Wildman–Crippen MR) is 99.7 cm³/mol. The quantitative estimate of drug-likeness (QED) is 0.588. The molecule has 0 aliphatic carbocycles. The van der Waals surface area contributed by atoms with Gasteiger partial charge >= 0.3 is 6.18 Å². The minimum absolute atomic E-state index is 0.0789. The molecule has 0 fully saturated rings. The number of nitrogens with one attached hydrogen (secondary N) is 3. The highest BCUT2D eigenvalue weighted by molar-refractivity contribution is 7.89. The van der Waals surface area contributed by atoms with Crippen LogP contribution in [0.25, 0.3) is 0 Å². The Kier molecular flexibility index (Phi) is 6.98. The third-order valence-corrected chi connectivity index (χ3v) is 5.10. The van der Waals surface area contributed by atoms with E-state index in [9.17, 15) is 31.2 Å². The van der Waals surface area contributed by atoms with Crippen molar-refractivity contribution < 1.29 is 31.2 Å². The van der Waals surface area contributed by atoms with Gasteiger partial charge in [0.05, 0.1) is 10.5 Å². The van der Waals surface area contributed by atoms with Crippen LogP contribution in [-0.2, 0) is 21.0 Å². The lowest BCUT2D eigenvalue weighted by Crippen LogP contribution is -2.34. The van der Waals surface area contributed by atoms with E-state index in [1.165, 1.54) is 31.2 Å². The third-order valence-electron chi connectivity index (χ3n) is 3.64. The number of carbonyl (C=O) groups excluding carboxylic acids is 2. The summed E-state index contributed by atoms with van der Waals surface area (Å²) in [7, 11) is -4.16. The smallest absolute Gasteiger partial charge is 0.351 e. The monoisotopic (exact) mass is 429 g/mol. The van der Waals surface area contributed by atoms with E-state index in [4.69, 9.17) is 0 Å². The van der Waals surface area contributed by atoms with Gasteiger partial charge in [-0.3, -0.25) is 9.59 Å². The Bertz CT molecular complexity index is 990. The number of benzene rings is 2. The molecule has 0 radical (unpaired) electrons.